The Morgan fingerprint density at radius 2 is 2.12 bits per heavy atom. The molecule has 1 heterocycles. The van der Waals surface area contributed by atoms with Gasteiger partial charge in [-0.1, -0.05) is 0 Å². The third-order valence-corrected chi connectivity index (χ3v) is 2.87. The second-order valence-electron chi connectivity index (χ2n) is 3.29. The summed E-state index contributed by atoms with van der Waals surface area (Å²) in [5, 5.41) is 0. The number of fused-ring (bicyclic) bond motifs is 1. The summed E-state index contributed by atoms with van der Waals surface area (Å²) in [5.41, 5.74) is -0.643. The van der Waals surface area contributed by atoms with E-state index < -0.39 is 17.5 Å². The van der Waals surface area contributed by atoms with E-state index in [1.807, 2.05) is 0 Å². The molecule has 0 aliphatic heterocycles. The monoisotopic (exact) mass is 302 g/mol. The molecule has 1 aromatic heterocycles. The van der Waals surface area contributed by atoms with Crippen molar-refractivity contribution in [2.24, 2.45) is 0 Å². The number of hydrogen-bond acceptors (Lipinski definition) is 5. The van der Waals surface area contributed by atoms with Gasteiger partial charge < -0.3 is 4.42 Å². The zero-order valence-electron chi connectivity index (χ0n) is 8.37. The molecule has 0 saturated carbocycles. The first kappa shape index (κ1) is 11.7. The lowest BCUT2D eigenvalue weighted by Crippen LogP contribution is -2.16. The molecule has 0 saturated heterocycles. The number of allylic oxidation sites excluding steroid dienone is 2. The SMILES string of the molecule is Cc1oc2c(c1C(=O)OF)C(=O)C(Br)=CC2=O. The van der Waals surface area contributed by atoms with Crippen LogP contribution in [0.2, 0.25) is 0 Å². The van der Waals surface area contributed by atoms with Gasteiger partial charge in [-0.05, 0) is 22.9 Å². The number of rotatable bonds is 1. The Morgan fingerprint density at radius 3 is 2.71 bits per heavy atom. The summed E-state index contributed by atoms with van der Waals surface area (Å²) < 4.78 is 16.9. The molecule has 0 radical (unpaired) electrons. The third kappa shape index (κ3) is 1.62. The van der Waals surface area contributed by atoms with Gasteiger partial charge in [0.1, 0.15) is 11.3 Å². The van der Waals surface area contributed by atoms with Crippen molar-refractivity contribution in [2.45, 2.75) is 6.92 Å². The van der Waals surface area contributed by atoms with Gasteiger partial charge in [0.15, 0.2) is 5.76 Å². The quantitative estimate of drug-likeness (QED) is 0.795. The number of aryl methyl sites for hydroxylation is 1. The highest BCUT2D eigenvalue weighted by molar-refractivity contribution is 9.12. The first-order valence-corrected chi connectivity index (χ1v) is 5.19. The predicted octanol–water partition coefficient (Wildman–Crippen LogP) is 2.29. The topological polar surface area (TPSA) is 73.6 Å². The lowest BCUT2D eigenvalue weighted by molar-refractivity contribution is -0.0789. The number of carbonyl (C=O) groups is 3. The Morgan fingerprint density at radius 1 is 1.47 bits per heavy atom. The van der Waals surface area contributed by atoms with E-state index in [4.69, 9.17) is 4.42 Å². The molecule has 0 bridgehead atoms. The van der Waals surface area contributed by atoms with Crippen LogP contribution in [0.4, 0.5) is 4.53 Å². The summed E-state index contributed by atoms with van der Waals surface area (Å²) in [4.78, 5) is 37.5. The maximum absolute atomic E-state index is 11.9. The van der Waals surface area contributed by atoms with Gasteiger partial charge in [0.2, 0.25) is 11.6 Å². The fourth-order valence-corrected chi connectivity index (χ4v) is 1.99. The second-order valence-corrected chi connectivity index (χ2v) is 4.14. The van der Waals surface area contributed by atoms with Gasteiger partial charge in [-0.3, -0.25) is 9.59 Å². The average molecular weight is 303 g/mol. The van der Waals surface area contributed by atoms with Crippen LogP contribution in [0.1, 0.15) is 37.0 Å². The molecular formula is C10H4BrFO5. The van der Waals surface area contributed by atoms with Crippen LogP contribution in [0.5, 0.6) is 0 Å². The number of hydrogen-bond donors (Lipinski definition) is 0. The third-order valence-electron chi connectivity index (χ3n) is 2.28. The zero-order valence-corrected chi connectivity index (χ0v) is 9.96. The summed E-state index contributed by atoms with van der Waals surface area (Å²) in [6.07, 6.45) is 1.03. The van der Waals surface area contributed by atoms with Crippen molar-refractivity contribution >= 4 is 33.5 Å². The van der Waals surface area contributed by atoms with E-state index in [9.17, 15) is 18.9 Å². The van der Waals surface area contributed by atoms with Crippen LogP contribution in [0, 0.1) is 6.92 Å². The highest BCUT2D eigenvalue weighted by atomic mass is 79.9. The van der Waals surface area contributed by atoms with Crippen LogP contribution in [0.3, 0.4) is 0 Å². The van der Waals surface area contributed by atoms with Gasteiger partial charge in [0, 0.05) is 10.6 Å². The molecule has 88 valence electrons. The molecule has 0 atom stereocenters. The number of Topliss-reactive ketones (excluding diaryl/α,β-unsaturated/α-hetero) is 1. The van der Waals surface area contributed by atoms with Crippen LogP contribution in [-0.2, 0) is 4.94 Å². The normalized spacial score (nSPS) is 14.4. The molecule has 17 heavy (non-hydrogen) atoms. The van der Waals surface area contributed by atoms with Crippen molar-refractivity contribution < 1.29 is 28.3 Å². The molecule has 1 aromatic rings. The summed E-state index contributed by atoms with van der Waals surface area (Å²) in [6, 6.07) is 0. The minimum atomic E-state index is -1.36. The van der Waals surface area contributed by atoms with Gasteiger partial charge in [0.25, 0.3) is 0 Å². The van der Waals surface area contributed by atoms with E-state index in [1.165, 1.54) is 6.92 Å². The summed E-state index contributed by atoms with van der Waals surface area (Å²) >= 11 is 2.88. The fourth-order valence-electron chi connectivity index (χ4n) is 1.58. The molecular weight excluding hydrogens is 299 g/mol. The lowest BCUT2D eigenvalue weighted by atomic mass is 9.98. The summed E-state index contributed by atoms with van der Waals surface area (Å²) in [6.45, 7) is 1.33. The number of ketones is 2. The Labute approximate surface area is 102 Å². The number of halogens is 2. The highest BCUT2D eigenvalue weighted by Gasteiger charge is 2.36. The van der Waals surface area contributed by atoms with Gasteiger partial charge in [0.05, 0.1) is 10.0 Å². The van der Waals surface area contributed by atoms with E-state index in [1.54, 1.807) is 0 Å². The summed E-state index contributed by atoms with van der Waals surface area (Å²) in [7, 11) is 0. The van der Waals surface area contributed by atoms with Crippen molar-refractivity contribution in [3.63, 3.8) is 0 Å². The van der Waals surface area contributed by atoms with Gasteiger partial charge in [-0.2, -0.15) is 0 Å². The molecule has 0 unspecified atom stereocenters. The Kier molecular flexibility index (Phi) is 2.70. The minimum absolute atomic E-state index is 0.0243. The number of carbonyl (C=O) groups excluding carboxylic acids is 3. The Balaban J connectivity index is 2.73. The van der Waals surface area contributed by atoms with Crippen molar-refractivity contribution in [1.82, 2.24) is 0 Å². The van der Waals surface area contributed by atoms with Gasteiger partial charge >= 0.3 is 5.97 Å². The minimum Gasteiger partial charge on any atom is -0.456 e. The molecule has 0 spiro atoms. The van der Waals surface area contributed by atoms with Crippen molar-refractivity contribution in [1.29, 1.82) is 0 Å². The molecule has 0 N–H and O–H groups in total. The lowest BCUT2D eigenvalue weighted by Gasteiger charge is -2.05. The van der Waals surface area contributed by atoms with E-state index in [2.05, 4.69) is 20.9 Å². The maximum Gasteiger partial charge on any atom is 0.383 e. The molecule has 7 heteroatoms. The van der Waals surface area contributed by atoms with Gasteiger partial charge in [-0.25, -0.2) is 9.74 Å². The first-order chi connectivity index (χ1) is 7.97. The van der Waals surface area contributed by atoms with Crippen molar-refractivity contribution in [3.8, 4) is 0 Å². The van der Waals surface area contributed by atoms with Gasteiger partial charge in [-0.15, -0.1) is 0 Å². The molecule has 0 aromatic carbocycles. The Bertz CT molecular complexity index is 584. The van der Waals surface area contributed by atoms with E-state index in [0.29, 0.717) is 0 Å². The highest BCUT2D eigenvalue weighted by Crippen LogP contribution is 2.31. The first-order valence-electron chi connectivity index (χ1n) is 4.40. The smallest absolute Gasteiger partial charge is 0.383 e. The van der Waals surface area contributed by atoms with E-state index >= 15 is 0 Å². The van der Waals surface area contributed by atoms with Crippen LogP contribution >= 0.6 is 15.9 Å². The molecule has 1 aliphatic carbocycles. The predicted molar refractivity (Wildman–Crippen MR) is 55.6 cm³/mol. The number of furan rings is 1. The largest absolute Gasteiger partial charge is 0.456 e. The van der Waals surface area contributed by atoms with Crippen molar-refractivity contribution in [2.75, 3.05) is 0 Å². The summed E-state index contributed by atoms with van der Waals surface area (Å²) in [5.74, 6) is -2.90. The van der Waals surface area contributed by atoms with Crippen molar-refractivity contribution in [3.05, 3.63) is 33.2 Å². The molecule has 5 nitrogen and oxygen atoms in total. The zero-order chi connectivity index (χ0) is 12.7. The standard InChI is InChI=1S/C10H4BrFO5/c1-3-6(10(15)17-12)7-8(14)4(11)2-5(13)9(7)16-3/h2H,1H3. The van der Waals surface area contributed by atoms with E-state index in [-0.39, 0.29) is 27.1 Å². The van der Waals surface area contributed by atoms with Crippen LogP contribution in [-0.4, -0.2) is 17.5 Å². The molecule has 0 amide bonds. The van der Waals surface area contributed by atoms with E-state index in [0.717, 1.165) is 6.08 Å². The van der Waals surface area contributed by atoms with Crippen LogP contribution in [0.15, 0.2) is 15.0 Å². The molecule has 0 fully saturated rings. The fraction of sp³-hybridized carbons (Fsp3) is 0.100. The molecule has 2 rings (SSSR count). The Hall–Kier alpha value is -1.76. The average Bonchev–Trinajstić information content (AvgIpc) is 2.63. The maximum atomic E-state index is 11.9. The van der Waals surface area contributed by atoms with Crippen LogP contribution < -0.4 is 0 Å². The molecule has 1 aliphatic rings. The van der Waals surface area contributed by atoms with Crippen LogP contribution in [0.25, 0.3) is 0 Å². The second kappa shape index (κ2) is 3.92.